The van der Waals surface area contributed by atoms with E-state index >= 15 is 0 Å². The molecule has 0 aromatic rings. The highest BCUT2D eigenvalue weighted by Crippen LogP contribution is 2.36. The van der Waals surface area contributed by atoms with Crippen molar-refractivity contribution in [2.75, 3.05) is 13.2 Å². The maximum absolute atomic E-state index is 12.4. The fourth-order valence-electron chi connectivity index (χ4n) is 4.86. The Bertz CT molecular complexity index is 1300. The van der Waals surface area contributed by atoms with Gasteiger partial charge in [-0.2, -0.15) is 0 Å². The van der Waals surface area contributed by atoms with Crippen LogP contribution in [0.3, 0.4) is 0 Å². The summed E-state index contributed by atoms with van der Waals surface area (Å²) in [4.78, 5) is 42.8. The number of rotatable bonds is 35. The zero-order valence-corrected chi connectivity index (χ0v) is 34.8. The van der Waals surface area contributed by atoms with Gasteiger partial charge in [0.15, 0.2) is 6.10 Å². The number of hydrogen-bond acceptors (Lipinski definition) is 8. The molecule has 0 unspecified atom stereocenters. The van der Waals surface area contributed by atoms with Gasteiger partial charge in [0, 0.05) is 12.8 Å². The van der Waals surface area contributed by atoms with Crippen molar-refractivity contribution >= 4 is 19.8 Å². The fraction of sp³-hybridized carbons (Fsp3) is 0.556. The van der Waals surface area contributed by atoms with Crippen molar-refractivity contribution < 1.29 is 48.2 Å². The average molecular weight is 803 g/mol. The van der Waals surface area contributed by atoms with Gasteiger partial charge in [-0.15, -0.1) is 0 Å². The van der Waals surface area contributed by atoms with Crippen molar-refractivity contribution in [1.82, 2.24) is 0 Å². The number of carbonyl (C=O) groups is 2. The van der Waals surface area contributed by atoms with Crippen LogP contribution in [0.2, 0.25) is 0 Å². The van der Waals surface area contributed by atoms with Gasteiger partial charge in [-0.1, -0.05) is 155 Å². The van der Waals surface area contributed by atoms with Gasteiger partial charge in [0.25, 0.3) is 0 Å². The summed E-state index contributed by atoms with van der Waals surface area (Å²) in [5.74, 6) is -1.22. The lowest BCUT2D eigenvalue weighted by molar-refractivity contribution is -0.161. The summed E-state index contributed by atoms with van der Waals surface area (Å²) in [6, 6.07) is 0. The Morgan fingerprint density at radius 2 is 1.04 bits per heavy atom. The molecule has 316 valence electrons. The van der Waals surface area contributed by atoms with E-state index in [4.69, 9.17) is 19.3 Å². The normalized spacial score (nSPS) is 14.8. The number of esters is 2. The predicted octanol–water partition coefficient (Wildman–Crippen LogP) is 10.3. The highest BCUT2D eigenvalue weighted by molar-refractivity contribution is 7.46. The van der Waals surface area contributed by atoms with E-state index in [0.29, 0.717) is 25.7 Å². The van der Waals surface area contributed by atoms with Gasteiger partial charge in [0.1, 0.15) is 6.61 Å². The number of allylic oxidation sites excluding steroid dienone is 16. The molecule has 0 rings (SSSR count). The van der Waals surface area contributed by atoms with Crippen LogP contribution in [-0.2, 0) is 28.2 Å². The molecule has 0 aliphatic rings. The summed E-state index contributed by atoms with van der Waals surface area (Å²) in [7, 11) is -4.84. The zero-order valence-electron chi connectivity index (χ0n) is 34.0. The second kappa shape index (κ2) is 38.5. The number of aliphatic hydroxyl groups excluding tert-OH is 2. The van der Waals surface area contributed by atoms with E-state index in [1.807, 2.05) is 42.5 Å². The maximum Gasteiger partial charge on any atom is 0.469 e. The number of hydrogen-bond donors (Lipinski definition) is 4. The standard InChI is InChI=1S/C45H71O10P/c1-3-5-7-8-9-10-11-12-13-14-15-16-17-18-19-20-24-27-31-37-44(48)53-39-43(40-54-56(50,51)52)55-45(49)38-32-36-42(47)35-30-26-23-21-22-25-29-34-41(46)33-28-6-4-2/h9-10,12-13,15-16,18-19,22-27,29-30,34-35,41-43,46-47H,3-8,11,14,17,20-21,28,31-33,36-40H2,1-2H3,(H2,50,51,52)/b10-9-,13-12-,16-15-,19-18-,25-22-,26-23-,27-24-,34-29+,35-30+/t41-,42-,43-/m1/s1. The molecular weight excluding hydrogens is 731 g/mol. The smallest absolute Gasteiger partial charge is 0.462 e. The fourth-order valence-corrected chi connectivity index (χ4v) is 5.22. The van der Waals surface area contributed by atoms with E-state index in [0.717, 1.165) is 51.4 Å². The third-order valence-electron chi connectivity index (χ3n) is 7.99. The molecule has 0 spiro atoms. The minimum Gasteiger partial charge on any atom is -0.462 e. The van der Waals surface area contributed by atoms with E-state index < -0.39 is 51.3 Å². The van der Waals surface area contributed by atoms with Crippen LogP contribution in [0.25, 0.3) is 0 Å². The highest BCUT2D eigenvalue weighted by Gasteiger charge is 2.23. The number of phosphoric acid groups is 1. The third-order valence-corrected chi connectivity index (χ3v) is 8.47. The van der Waals surface area contributed by atoms with E-state index in [2.05, 4.69) is 67.0 Å². The molecule has 0 aliphatic heterocycles. The van der Waals surface area contributed by atoms with E-state index in [1.54, 1.807) is 18.2 Å². The van der Waals surface area contributed by atoms with Gasteiger partial charge in [-0.3, -0.25) is 14.1 Å². The predicted molar refractivity (Wildman–Crippen MR) is 228 cm³/mol. The summed E-state index contributed by atoms with van der Waals surface area (Å²) in [5, 5.41) is 20.1. The van der Waals surface area contributed by atoms with Crippen LogP contribution < -0.4 is 0 Å². The zero-order chi connectivity index (χ0) is 41.4. The Balaban J connectivity index is 4.33. The van der Waals surface area contributed by atoms with Crippen LogP contribution in [0.5, 0.6) is 0 Å². The highest BCUT2D eigenvalue weighted by atomic mass is 31.2. The summed E-state index contributed by atoms with van der Waals surface area (Å²) in [5.41, 5.74) is 0. The third kappa shape index (κ3) is 40.3. The SMILES string of the molecule is CCCCC/C=C\C/C=C\C/C=C\C/C=C\C/C=C\CCC(=O)OC[C@H](COP(=O)(O)O)OC(=O)CCC[C@H](O)/C=C/C=C\C/C=C\C=C\[C@H](O)CCCCC. The summed E-state index contributed by atoms with van der Waals surface area (Å²) in [6.07, 6.45) is 47.5. The average Bonchev–Trinajstić information content (AvgIpc) is 3.15. The molecule has 0 aromatic carbocycles. The number of ether oxygens (including phenoxy) is 2. The molecule has 0 radical (unpaired) electrons. The summed E-state index contributed by atoms with van der Waals surface area (Å²) < 4.78 is 26.1. The van der Waals surface area contributed by atoms with Gasteiger partial charge in [0.2, 0.25) is 0 Å². The molecule has 11 heteroatoms. The topological polar surface area (TPSA) is 160 Å². The number of unbranched alkanes of at least 4 members (excludes halogenated alkanes) is 5. The molecule has 0 saturated heterocycles. The Labute approximate surface area is 337 Å². The second-order valence-corrected chi connectivity index (χ2v) is 14.5. The van der Waals surface area contributed by atoms with Crippen molar-refractivity contribution in [2.24, 2.45) is 0 Å². The van der Waals surface area contributed by atoms with Crippen LogP contribution in [0, 0.1) is 0 Å². The molecule has 0 amide bonds. The Morgan fingerprint density at radius 3 is 1.57 bits per heavy atom. The Morgan fingerprint density at radius 1 is 0.554 bits per heavy atom. The first-order valence-corrected chi connectivity index (χ1v) is 21.9. The molecule has 0 fully saturated rings. The molecule has 0 aromatic heterocycles. The van der Waals surface area contributed by atoms with Gasteiger partial charge in [0.05, 0.1) is 18.8 Å². The lowest BCUT2D eigenvalue weighted by atomic mass is 10.1. The van der Waals surface area contributed by atoms with Gasteiger partial charge in [-0.05, 0) is 70.6 Å². The maximum atomic E-state index is 12.4. The minimum atomic E-state index is -4.84. The molecule has 0 saturated carbocycles. The lowest BCUT2D eigenvalue weighted by Crippen LogP contribution is -2.29. The molecule has 10 nitrogen and oxygen atoms in total. The lowest BCUT2D eigenvalue weighted by Gasteiger charge is -2.18. The van der Waals surface area contributed by atoms with Gasteiger partial charge in [-0.25, -0.2) is 4.57 Å². The van der Waals surface area contributed by atoms with Crippen molar-refractivity contribution in [3.8, 4) is 0 Å². The van der Waals surface area contributed by atoms with Crippen LogP contribution in [0.4, 0.5) is 0 Å². The second-order valence-electron chi connectivity index (χ2n) is 13.3. The molecule has 4 N–H and O–H groups in total. The number of carbonyl (C=O) groups excluding carboxylic acids is 2. The monoisotopic (exact) mass is 802 g/mol. The van der Waals surface area contributed by atoms with E-state index in [9.17, 15) is 24.4 Å². The first kappa shape index (κ1) is 52.6. The van der Waals surface area contributed by atoms with Gasteiger partial charge >= 0.3 is 19.8 Å². The van der Waals surface area contributed by atoms with E-state index in [1.165, 1.54) is 25.7 Å². The molecule has 56 heavy (non-hydrogen) atoms. The largest absolute Gasteiger partial charge is 0.469 e. The number of aliphatic hydroxyl groups is 2. The van der Waals surface area contributed by atoms with Crippen LogP contribution in [0.15, 0.2) is 109 Å². The van der Waals surface area contributed by atoms with Crippen molar-refractivity contribution in [2.45, 2.75) is 148 Å². The van der Waals surface area contributed by atoms with Crippen molar-refractivity contribution in [3.05, 3.63) is 109 Å². The minimum absolute atomic E-state index is 0.0586. The van der Waals surface area contributed by atoms with Crippen molar-refractivity contribution in [1.29, 1.82) is 0 Å². The first-order valence-electron chi connectivity index (χ1n) is 20.4. The Kier molecular flexibility index (Phi) is 36.2. The molecular formula is C45H71O10P. The molecule has 3 atom stereocenters. The molecule has 0 heterocycles. The molecule has 0 bridgehead atoms. The van der Waals surface area contributed by atoms with Crippen molar-refractivity contribution in [3.63, 3.8) is 0 Å². The van der Waals surface area contributed by atoms with Crippen LogP contribution in [-0.4, -0.2) is 63.5 Å². The van der Waals surface area contributed by atoms with Crippen LogP contribution in [0.1, 0.15) is 129 Å². The van der Waals surface area contributed by atoms with Crippen LogP contribution >= 0.6 is 7.82 Å². The van der Waals surface area contributed by atoms with Gasteiger partial charge < -0.3 is 29.5 Å². The summed E-state index contributed by atoms with van der Waals surface area (Å²) >= 11 is 0. The molecule has 0 aliphatic carbocycles. The quantitative estimate of drug-likeness (QED) is 0.0160. The Hall–Kier alpha value is -3.37. The number of phosphoric ester groups is 1. The summed E-state index contributed by atoms with van der Waals surface area (Å²) in [6.45, 7) is 3.28. The van der Waals surface area contributed by atoms with E-state index in [-0.39, 0.29) is 12.8 Å². The first-order chi connectivity index (χ1) is 27.1.